The summed E-state index contributed by atoms with van der Waals surface area (Å²) in [6.45, 7) is 4.40. The first kappa shape index (κ1) is 23.3. The number of aryl methyl sites for hydroxylation is 2. The molecule has 2 fully saturated rings. The van der Waals surface area contributed by atoms with E-state index in [2.05, 4.69) is 40.6 Å². The molecule has 5 rings (SSSR count). The average molecular weight is 482 g/mol. The van der Waals surface area contributed by atoms with Gasteiger partial charge in [0.25, 0.3) is 0 Å². The van der Waals surface area contributed by atoms with Crippen molar-refractivity contribution in [2.24, 2.45) is 28.3 Å². The van der Waals surface area contributed by atoms with Crippen molar-refractivity contribution in [3.05, 3.63) is 40.4 Å². The highest BCUT2D eigenvalue weighted by atomic mass is 32.1. The first-order chi connectivity index (χ1) is 16.4. The van der Waals surface area contributed by atoms with Gasteiger partial charge < -0.3 is 14.9 Å². The van der Waals surface area contributed by atoms with E-state index in [9.17, 15) is 4.79 Å². The summed E-state index contributed by atoms with van der Waals surface area (Å²) in [6, 6.07) is 6.64. The van der Waals surface area contributed by atoms with Crippen molar-refractivity contribution in [1.82, 2.24) is 4.98 Å². The molecule has 6 nitrogen and oxygen atoms in total. The van der Waals surface area contributed by atoms with Gasteiger partial charge >= 0.3 is 0 Å². The Kier molecular flexibility index (Phi) is 6.40. The minimum atomic E-state index is 0.0503. The molecule has 0 aliphatic heterocycles. The molecular weight excluding hydrogens is 446 g/mol. The molecule has 0 spiro atoms. The smallest absolute Gasteiger partial charge is 0.226 e. The van der Waals surface area contributed by atoms with Crippen molar-refractivity contribution >= 4 is 28.1 Å². The van der Waals surface area contributed by atoms with Crippen molar-refractivity contribution in [3.63, 3.8) is 0 Å². The van der Waals surface area contributed by atoms with Gasteiger partial charge in [0, 0.05) is 22.9 Å². The number of hydrogen-bond acceptors (Lipinski definition) is 6. The van der Waals surface area contributed by atoms with Gasteiger partial charge in [0.1, 0.15) is 12.9 Å². The number of oxime groups is 1. The molecule has 5 atom stereocenters. The fourth-order valence-electron chi connectivity index (χ4n) is 7.19. The zero-order valence-electron chi connectivity index (χ0n) is 20.6. The van der Waals surface area contributed by atoms with Gasteiger partial charge in [-0.1, -0.05) is 18.1 Å². The predicted molar refractivity (Wildman–Crippen MR) is 136 cm³/mol. The lowest BCUT2D eigenvalue weighted by Crippen LogP contribution is -2.44. The fraction of sp³-hybridized carbons (Fsp3) is 0.593. The summed E-state index contributed by atoms with van der Waals surface area (Å²) < 4.78 is 5.49. The van der Waals surface area contributed by atoms with E-state index in [1.165, 1.54) is 41.0 Å². The Morgan fingerprint density at radius 2 is 2.18 bits per heavy atom. The topological polar surface area (TPSA) is 72.8 Å². The number of ether oxygens (including phenoxy) is 1. The Morgan fingerprint density at radius 1 is 1.32 bits per heavy atom. The van der Waals surface area contributed by atoms with Gasteiger partial charge in [-0.15, -0.1) is 11.3 Å². The van der Waals surface area contributed by atoms with Crippen LogP contribution in [0.5, 0.6) is 5.75 Å². The second-order valence-electron chi connectivity index (χ2n) is 10.4. The Morgan fingerprint density at radius 3 is 2.91 bits per heavy atom. The number of carbonyl (C=O) groups excluding carboxylic acids is 1. The van der Waals surface area contributed by atoms with Crippen LogP contribution in [0.25, 0.3) is 0 Å². The number of nitrogens with zero attached hydrogens (tertiary/aromatic N) is 2. The van der Waals surface area contributed by atoms with Crippen LogP contribution in [0.2, 0.25) is 0 Å². The maximum absolute atomic E-state index is 12.7. The van der Waals surface area contributed by atoms with Crippen molar-refractivity contribution in [2.45, 2.75) is 64.7 Å². The van der Waals surface area contributed by atoms with E-state index in [1.54, 1.807) is 20.4 Å². The van der Waals surface area contributed by atoms with Crippen molar-refractivity contribution in [3.8, 4) is 5.75 Å². The van der Waals surface area contributed by atoms with Crippen molar-refractivity contribution < 1.29 is 14.4 Å². The molecular formula is C27H35N3O3S. The lowest BCUT2D eigenvalue weighted by Gasteiger charge is -2.50. The molecule has 1 N–H and O–H groups in total. The normalized spacial score (nSPS) is 30.9. The molecule has 3 aliphatic rings. The van der Waals surface area contributed by atoms with Crippen LogP contribution in [0.3, 0.4) is 0 Å². The summed E-state index contributed by atoms with van der Waals surface area (Å²) in [5.74, 6) is 3.15. The number of methoxy groups -OCH3 is 1. The number of thiazole rings is 1. The quantitative estimate of drug-likeness (QED) is 0.517. The molecule has 2 saturated carbocycles. The van der Waals surface area contributed by atoms with Crippen molar-refractivity contribution in [1.29, 1.82) is 0 Å². The SMILES string of the molecule is CON=C1CC(CCC(=O)Nc2ncc(C)s2)C2C3CCc4cc(OC)ccc4C3CCC12C. The van der Waals surface area contributed by atoms with Crippen LogP contribution in [0, 0.1) is 30.1 Å². The highest BCUT2D eigenvalue weighted by molar-refractivity contribution is 7.15. The summed E-state index contributed by atoms with van der Waals surface area (Å²) in [5, 5.41) is 8.20. The van der Waals surface area contributed by atoms with E-state index < -0.39 is 0 Å². The molecule has 1 amide bonds. The first-order valence-electron chi connectivity index (χ1n) is 12.4. The van der Waals surface area contributed by atoms with E-state index in [0.717, 1.165) is 36.3 Å². The van der Waals surface area contributed by atoms with Gasteiger partial charge in [-0.25, -0.2) is 4.98 Å². The third-order valence-electron chi connectivity index (χ3n) is 8.62. The number of aromatic nitrogens is 1. The Bertz CT molecular complexity index is 1100. The van der Waals surface area contributed by atoms with Gasteiger partial charge in [0.15, 0.2) is 5.13 Å². The molecule has 0 radical (unpaired) electrons. The van der Waals surface area contributed by atoms with Crippen LogP contribution < -0.4 is 10.1 Å². The number of benzene rings is 1. The summed E-state index contributed by atoms with van der Waals surface area (Å²) in [7, 11) is 3.39. The van der Waals surface area contributed by atoms with Crippen LogP contribution in [0.1, 0.15) is 67.4 Å². The summed E-state index contributed by atoms with van der Waals surface area (Å²) in [4.78, 5) is 23.4. The molecule has 3 aliphatic carbocycles. The zero-order valence-corrected chi connectivity index (χ0v) is 21.4. The minimum Gasteiger partial charge on any atom is -0.497 e. The molecule has 1 aromatic carbocycles. The summed E-state index contributed by atoms with van der Waals surface area (Å²) >= 11 is 1.52. The standard InChI is InChI=1S/C27H35N3O3S/c1-16-15-28-26(34-16)29-24(31)10-6-18-14-23(30-33-4)27(2)12-11-21-20-9-7-19(32-3)13-17(20)5-8-22(21)25(18)27/h7,9,13,15,18,21-22,25H,5-6,8,10-12,14H2,1-4H3,(H,28,29,31). The maximum atomic E-state index is 12.7. The highest BCUT2D eigenvalue weighted by Gasteiger charge is 2.57. The molecule has 0 saturated heterocycles. The van der Waals surface area contributed by atoms with Crippen LogP contribution in [0.4, 0.5) is 5.13 Å². The molecule has 0 bridgehead atoms. The van der Waals surface area contributed by atoms with Gasteiger partial charge in [-0.3, -0.25) is 4.79 Å². The van der Waals surface area contributed by atoms with Crippen molar-refractivity contribution in [2.75, 3.05) is 19.5 Å². The monoisotopic (exact) mass is 481 g/mol. The third kappa shape index (κ3) is 4.12. The average Bonchev–Trinajstić information content (AvgIpc) is 3.37. The van der Waals surface area contributed by atoms with E-state index in [-0.39, 0.29) is 11.3 Å². The summed E-state index contributed by atoms with van der Waals surface area (Å²) in [6.07, 6.45) is 8.69. The Hall–Kier alpha value is -2.41. The zero-order chi connectivity index (χ0) is 23.9. The van der Waals surface area contributed by atoms with Gasteiger partial charge in [0.2, 0.25) is 5.91 Å². The second-order valence-corrected chi connectivity index (χ2v) is 11.6. The maximum Gasteiger partial charge on any atom is 0.226 e. The van der Waals surface area contributed by atoms with Gasteiger partial charge in [-0.05, 0) is 92.4 Å². The van der Waals surface area contributed by atoms with E-state index in [4.69, 9.17) is 9.57 Å². The highest BCUT2D eigenvalue weighted by Crippen LogP contribution is 2.62. The number of anilines is 1. The lowest BCUT2D eigenvalue weighted by atomic mass is 9.54. The summed E-state index contributed by atoms with van der Waals surface area (Å²) in [5.41, 5.74) is 4.20. The predicted octanol–water partition coefficient (Wildman–Crippen LogP) is 5.96. The molecule has 2 aromatic rings. The number of carbonyl (C=O) groups is 1. The van der Waals surface area contributed by atoms with Gasteiger partial charge in [0.05, 0.1) is 12.8 Å². The van der Waals surface area contributed by atoms with Gasteiger partial charge in [-0.2, -0.15) is 0 Å². The Labute approximate surface area is 206 Å². The van der Waals surface area contributed by atoms with Crippen LogP contribution >= 0.6 is 11.3 Å². The molecule has 182 valence electrons. The minimum absolute atomic E-state index is 0.0503. The molecule has 7 heteroatoms. The van der Waals surface area contributed by atoms with Crippen LogP contribution in [-0.2, 0) is 16.1 Å². The third-order valence-corrected chi connectivity index (χ3v) is 9.45. The lowest BCUT2D eigenvalue weighted by molar-refractivity contribution is -0.116. The van der Waals surface area contributed by atoms with E-state index in [0.29, 0.717) is 35.2 Å². The number of nitrogens with one attached hydrogen (secondary N) is 1. The number of amides is 1. The largest absolute Gasteiger partial charge is 0.497 e. The molecule has 1 aromatic heterocycles. The number of rotatable bonds is 6. The molecule has 1 heterocycles. The number of hydrogen-bond donors (Lipinski definition) is 1. The van der Waals surface area contributed by atoms with E-state index >= 15 is 0 Å². The number of fused-ring (bicyclic) bond motifs is 5. The van der Waals surface area contributed by atoms with E-state index in [1.807, 2.05) is 6.92 Å². The molecule has 34 heavy (non-hydrogen) atoms. The Balaban J connectivity index is 1.37. The second kappa shape index (κ2) is 9.33. The fourth-order valence-corrected chi connectivity index (χ4v) is 7.87. The van der Waals surface area contributed by atoms with Crippen LogP contribution in [0.15, 0.2) is 29.6 Å². The first-order valence-corrected chi connectivity index (χ1v) is 13.2. The molecule has 5 unspecified atom stereocenters. The van der Waals surface area contributed by atoms with Crippen LogP contribution in [-0.4, -0.2) is 30.8 Å².